The van der Waals surface area contributed by atoms with E-state index in [0.717, 1.165) is 18.7 Å². The Bertz CT molecular complexity index is 646. The van der Waals surface area contributed by atoms with Crippen LogP contribution < -0.4 is 20.7 Å². The zero-order chi connectivity index (χ0) is 16.5. The molecule has 6 nitrogen and oxygen atoms in total. The number of para-hydroxylation sites is 2. The summed E-state index contributed by atoms with van der Waals surface area (Å²) in [5.41, 5.74) is 1.26. The van der Waals surface area contributed by atoms with Gasteiger partial charge < -0.3 is 20.7 Å². The first-order valence-corrected chi connectivity index (χ1v) is 7.54. The Hall–Kier alpha value is -2.60. The summed E-state index contributed by atoms with van der Waals surface area (Å²) in [6, 6.07) is 11.0. The topological polar surface area (TPSA) is 75.3 Å². The molecule has 1 aromatic carbocycles. The molecule has 1 aromatic heterocycles. The quantitative estimate of drug-likeness (QED) is 0.651. The number of methoxy groups -OCH3 is 1. The van der Waals surface area contributed by atoms with Gasteiger partial charge in [-0.1, -0.05) is 12.1 Å². The number of benzene rings is 1. The van der Waals surface area contributed by atoms with Crippen molar-refractivity contribution < 1.29 is 9.53 Å². The highest BCUT2D eigenvalue weighted by Gasteiger charge is 2.13. The van der Waals surface area contributed by atoms with Crippen molar-refractivity contribution in [2.75, 3.05) is 32.6 Å². The number of nitrogens with one attached hydrogen (secondary N) is 3. The average molecular weight is 314 g/mol. The third kappa shape index (κ3) is 4.69. The van der Waals surface area contributed by atoms with Crippen molar-refractivity contribution in [1.82, 2.24) is 15.6 Å². The van der Waals surface area contributed by atoms with E-state index in [9.17, 15) is 4.79 Å². The molecule has 1 heterocycles. The highest BCUT2D eigenvalue weighted by Crippen LogP contribution is 2.27. The monoisotopic (exact) mass is 314 g/mol. The van der Waals surface area contributed by atoms with E-state index in [-0.39, 0.29) is 5.91 Å². The van der Waals surface area contributed by atoms with Crippen molar-refractivity contribution in [2.45, 2.75) is 6.42 Å². The Morgan fingerprint density at radius 2 is 2.00 bits per heavy atom. The van der Waals surface area contributed by atoms with Gasteiger partial charge in [-0.3, -0.25) is 4.79 Å². The molecule has 0 unspecified atom stereocenters. The molecule has 0 spiro atoms. The first-order chi connectivity index (χ1) is 11.3. The summed E-state index contributed by atoms with van der Waals surface area (Å²) in [5, 5.41) is 9.11. The molecule has 1 amide bonds. The standard InChI is InChI=1S/C17H22N4O2/c1-18-10-6-12-20-17(22)13-7-5-11-19-16(13)21-14-8-3-4-9-15(14)23-2/h3-5,7-9,11,18H,6,10,12H2,1-2H3,(H,19,21)(H,20,22). The van der Waals surface area contributed by atoms with Gasteiger partial charge in [0.15, 0.2) is 0 Å². The molecule has 0 saturated carbocycles. The van der Waals surface area contributed by atoms with E-state index < -0.39 is 0 Å². The van der Waals surface area contributed by atoms with Crippen LogP contribution in [0.2, 0.25) is 0 Å². The second-order valence-corrected chi connectivity index (χ2v) is 4.94. The molecule has 2 aromatic rings. The zero-order valence-corrected chi connectivity index (χ0v) is 13.4. The fourth-order valence-corrected chi connectivity index (χ4v) is 2.13. The van der Waals surface area contributed by atoms with Gasteiger partial charge in [0.1, 0.15) is 11.6 Å². The summed E-state index contributed by atoms with van der Waals surface area (Å²) in [6.45, 7) is 1.47. The minimum absolute atomic E-state index is 0.147. The molecular formula is C17H22N4O2. The Morgan fingerprint density at radius 3 is 2.78 bits per heavy atom. The van der Waals surface area contributed by atoms with Crippen LogP contribution in [0.25, 0.3) is 0 Å². The molecule has 0 atom stereocenters. The number of hydrogen-bond acceptors (Lipinski definition) is 5. The minimum Gasteiger partial charge on any atom is -0.495 e. The Labute approximate surface area is 136 Å². The largest absolute Gasteiger partial charge is 0.495 e. The predicted molar refractivity (Wildman–Crippen MR) is 91.4 cm³/mol. The fourth-order valence-electron chi connectivity index (χ4n) is 2.13. The molecule has 122 valence electrons. The molecule has 0 aliphatic heterocycles. The summed E-state index contributed by atoms with van der Waals surface area (Å²) < 4.78 is 5.31. The normalized spacial score (nSPS) is 10.2. The average Bonchev–Trinajstić information content (AvgIpc) is 2.59. The van der Waals surface area contributed by atoms with Crippen molar-refractivity contribution >= 4 is 17.4 Å². The van der Waals surface area contributed by atoms with Crippen molar-refractivity contribution in [3.05, 3.63) is 48.2 Å². The van der Waals surface area contributed by atoms with Gasteiger partial charge in [0.25, 0.3) is 5.91 Å². The first-order valence-electron chi connectivity index (χ1n) is 7.54. The summed E-state index contributed by atoms with van der Waals surface area (Å²) in [5.74, 6) is 1.05. The van der Waals surface area contributed by atoms with Crippen LogP contribution in [-0.2, 0) is 0 Å². The first kappa shape index (κ1) is 16.8. The number of carbonyl (C=O) groups is 1. The Morgan fingerprint density at radius 1 is 1.17 bits per heavy atom. The van der Waals surface area contributed by atoms with Crippen molar-refractivity contribution in [3.8, 4) is 5.75 Å². The molecule has 0 fully saturated rings. The number of amides is 1. The zero-order valence-electron chi connectivity index (χ0n) is 13.4. The molecular weight excluding hydrogens is 292 g/mol. The third-order valence-corrected chi connectivity index (χ3v) is 3.30. The van der Waals surface area contributed by atoms with Crippen LogP contribution in [0.5, 0.6) is 5.75 Å². The maximum Gasteiger partial charge on any atom is 0.255 e. The van der Waals surface area contributed by atoms with E-state index in [0.29, 0.717) is 23.7 Å². The van der Waals surface area contributed by atoms with E-state index in [1.165, 1.54) is 0 Å². The number of carbonyl (C=O) groups excluding carboxylic acids is 1. The van der Waals surface area contributed by atoms with Gasteiger partial charge in [-0.25, -0.2) is 4.98 Å². The van der Waals surface area contributed by atoms with Gasteiger partial charge in [0.05, 0.1) is 18.4 Å². The highest BCUT2D eigenvalue weighted by molar-refractivity contribution is 5.99. The van der Waals surface area contributed by atoms with Crippen LogP contribution in [0.3, 0.4) is 0 Å². The smallest absolute Gasteiger partial charge is 0.255 e. The van der Waals surface area contributed by atoms with Crippen molar-refractivity contribution in [3.63, 3.8) is 0 Å². The molecule has 0 radical (unpaired) electrons. The number of ether oxygens (including phenoxy) is 1. The van der Waals surface area contributed by atoms with Crippen LogP contribution >= 0.6 is 0 Å². The van der Waals surface area contributed by atoms with E-state index >= 15 is 0 Å². The number of aromatic nitrogens is 1. The summed E-state index contributed by atoms with van der Waals surface area (Å²) in [4.78, 5) is 16.6. The van der Waals surface area contributed by atoms with Gasteiger partial charge in [-0.2, -0.15) is 0 Å². The molecule has 0 aliphatic carbocycles. The SMILES string of the molecule is CNCCCNC(=O)c1cccnc1Nc1ccccc1OC. The van der Waals surface area contributed by atoms with Gasteiger partial charge in [0.2, 0.25) is 0 Å². The van der Waals surface area contributed by atoms with E-state index in [1.807, 2.05) is 31.3 Å². The van der Waals surface area contributed by atoms with Crippen molar-refractivity contribution in [2.24, 2.45) is 0 Å². The summed E-state index contributed by atoms with van der Waals surface area (Å²) in [7, 11) is 3.49. The molecule has 6 heteroatoms. The Kier molecular flexibility index (Phi) is 6.38. The van der Waals surface area contributed by atoms with Gasteiger partial charge in [0, 0.05) is 12.7 Å². The molecule has 23 heavy (non-hydrogen) atoms. The number of pyridine rings is 1. The summed E-state index contributed by atoms with van der Waals surface area (Å²) >= 11 is 0. The molecule has 3 N–H and O–H groups in total. The van der Waals surface area contributed by atoms with Crippen LogP contribution in [0, 0.1) is 0 Å². The van der Waals surface area contributed by atoms with Gasteiger partial charge in [-0.15, -0.1) is 0 Å². The second-order valence-electron chi connectivity index (χ2n) is 4.94. The number of anilines is 2. The maximum atomic E-state index is 12.3. The third-order valence-electron chi connectivity index (χ3n) is 3.30. The molecule has 0 aliphatic rings. The van der Waals surface area contributed by atoms with Crippen molar-refractivity contribution in [1.29, 1.82) is 0 Å². The lowest BCUT2D eigenvalue weighted by Gasteiger charge is -2.13. The van der Waals surface area contributed by atoms with Crippen LogP contribution in [-0.4, -0.2) is 38.1 Å². The van der Waals surface area contributed by atoms with E-state index in [1.54, 1.807) is 25.4 Å². The highest BCUT2D eigenvalue weighted by atomic mass is 16.5. The van der Waals surface area contributed by atoms with Crippen LogP contribution in [0.1, 0.15) is 16.8 Å². The van der Waals surface area contributed by atoms with Crippen LogP contribution in [0.4, 0.5) is 11.5 Å². The molecule has 0 bridgehead atoms. The van der Waals surface area contributed by atoms with E-state index in [4.69, 9.17) is 4.74 Å². The lowest BCUT2D eigenvalue weighted by atomic mass is 10.2. The van der Waals surface area contributed by atoms with Gasteiger partial charge in [-0.05, 0) is 44.3 Å². The number of rotatable bonds is 8. The maximum absolute atomic E-state index is 12.3. The number of nitrogens with zero attached hydrogens (tertiary/aromatic N) is 1. The van der Waals surface area contributed by atoms with E-state index in [2.05, 4.69) is 20.9 Å². The number of hydrogen-bond donors (Lipinski definition) is 3. The molecule has 0 saturated heterocycles. The lowest BCUT2D eigenvalue weighted by molar-refractivity contribution is 0.0954. The molecule has 2 rings (SSSR count). The summed E-state index contributed by atoms with van der Waals surface area (Å²) in [6.07, 6.45) is 2.52. The van der Waals surface area contributed by atoms with Crippen LogP contribution in [0.15, 0.2) is 42.6 Å². The fraction of sp³-hybridized carbons (Fsp3) is 0.294. The predicted octanol–water partition coefficient (Wildman–Crippen LogP) is 2.17. The van der Waals surface area contributed by atoms with Gasteiger partial charge >= 0.3 is 0 Å². The second kappa shape index (κ2) is 8.75. The Balaban J connectivity index is 2.12. The lowest BCUT2D eigenvalue weighted by Crippen LogP contribution is -2.27. The minimum atomic E-state index is -0.147.